The van der Waals surface area contributed by atoms with E-state index in [1.54, 1.807) is 19.9 Å². The van der Waals surface area contributed by atoms with Gasteiger partial charge in [0.15, 0.2) is 6.61 Å². The number of benzene rings is 1. The highest BCUT2D eigenvalue weighted by atomic mass is 35.5. The van der Waals surface area contributed by atoms with Gasteiger partial charge in [0.2, 0.25) is 0 Å². The number of hydrogen-bond acceptors (Lipinski definition) is 4. The Labute approximate surface area is 158 Å². The lowest BCUT2D eigenvalue weighted by Crippen LogP contribution is -2.31. The zero-order valence-electron chi connectivity index (χ0n) is 15.6. The first-order valence-electron chi connectivity index (χ1n) is 8.36. The van der Waals surface area contributed by atoms with E-state index in [0.717, 1.165) is 11.1 Å². The van der Waals surface area contributed by atoms with Gasteiger partial charge in [-0.05, 0) is 62.9 Å². The Bertz CT molecular complexity index is 826. The number of rotatable bonds is 5. The molecule has 2 rings (SSSR count). The summed E-state index contributed by atoms with van der Waals surface area (Å²) < 4.78 is 5.10. The number of carbonyl (C=O) groups excluding carboxylic acids is 2. The fraction of sp³-hybridized carbons (Fsp3) is 0.350. The maximum atomic E-state index is 12.2. The molecule has 6 heteroatoms. The first-order valence-corrected chi connectivity index (χ1v) is 8.74. The van der Waals surface area contributed by atoms with Crippen LogP contribution in [0.3, 0.4) is 0 Å². The predicted octanol–water partition coefficient (Wildman–Crippen LogP) is 4.00. The van der Waals surface area contributed by atoms with Crippen LogP contribution in [0.4, 0.5) is 0 Å². The van der Waals surface area contributed by atoms with Crippen molar-refractivity contribution in [2.24, 2.45) is 0 Å². The maximum Gasteiger partial charge on any atom is 0.342 e. The molecule has 2 aromatic rings. The summed E-state index contributed by atoms with van der Waals surface area (Å²) in [5.41, 5.74) is 4.91. The van der Waals surface area contributed by atoms with Crippen molar-refractivity contribution >= 4 is 23.5 Å². The van der Waals surface area contributed by atoms with Crippen molar-refractivity contribution in [3.63, 3.8) is 0 Å². The van der Waals surface area contributed by atoms with E-state index in [2.05, 4.69) is 10.3 Å². The number of carbonyl (C=O) groups is 2. The quantitative estimate of drug-likeness (QED) is 0.634. The van der Waals surface area contributed by atoms with Gasteiger partial charge in [0.25, 0.3) is 5.91 Å². The topological polar surface area (TPSA) is 68.3 Å². The van der Waals surface area contributed by atoms with E-state index in [1.165, 1.54) is 5.56 Å². The molecule has 0 aliphatic heterocycles. The molecule has 0 saturated heterocycles. The van der Waals surface area contributed by atoms with Gasteiger partial charge in [-0.15, -0.1) is 0 Å². The van der Waals surface area contributed by atoms with Gasteiger partial charge in [0.1, 0.15) is 5.15 Å². The smallest absolute Gasteiger partial charge is 0.342 e. The standard InChI is InChI=1S/C20H23ClN2O3/c1-11-6-7-16(9-12(11)2)15(5)23-17(24)10-26-20(25)18-13(3)8-14(4)22-19(18)21/h6-9,15H,10H2,1-5H3,(H,23,24)/t15-/m1/s1. The second kappa shape index (κ2) is 8.32. The zero-order chi connectivity index (χ0) is 19.4. The summed E-state index contributed by atoms with van der Waals surface area (Å²) in [4.78, 5) is 28.4. The Balaban J connectivity index is 1.96. The first kappa shape index (κ1) is 19.9. The lowest BCUT2D eigenvalue weighted by molar-refractivity contribution is -0.124. The second-order valence-electron chi connectivity index (χ2n) is 6.46. The molecule has 5 nitrogen and oxygen atoms in total. The minimum absolute atomic E-state index is 0.0800. The SMILES string of the molecule is Cc1cc(C)c(C(=O)OCC(=O)N[C@H](C)c2ccc(C)c(C)c2)c(Cl)n1. The number of aryl methyl sites for hydroxylation is 4. The van der Waals surface area contributed by atoms with Gasteiger partial charge in [-0.3, -0.25) is 4.79 Å². The Morgan fingerprint density at radius 2 is 1.81 bits per heavy atom. The summed E-state index contributed by atoms with van der Waals surface area (Å²) in [7, 11) is 0. The Morgan fingerprint density at radius 3 is 2.42 bits per heavy atom. The maximum absolute atomic E-state index is 12.2. The van der Waals surface area contributed by atoms with Gasteiger partial charge >= 0.3 is 5.97 Å². The Kier molecular flexibility index (Phi) is 6.37. The number of amides is 1. The summed E-state index contributed by atoms with van der Waals surface area (Å²) in [6.45, 7) is 9.10. The van der Waals surface area contributed by atoms with E-state index in [-0.39, 0.29) is 29.3 Å². The van der Waals surface area contributed by atoms with Gasteiger partial charge in [-0.25, -0.2) is 9.78 Å². The monoisotopic (exact) mass is 374 g/mol. The number of nitrogens with zero attached hydrogens (tertiary/aromatic N) is 1. The van der Waals surface area contributed by atoms with Crippen LogP contribution < -0.4 is 5.32 Å². The highest BCUT2D eigenvalue weighted by molar-refractivity contribution is 6.32. The largest absolute Gasteiger partial charge is 0.452 e. The molecule has 1 atom stereocenters. The van der Waals surface area contributed by atoms with Gasteiger partial charge in [0, 0.05) is 5.69 Å². The van der Waals surface area contributed by atoms with Crippen LogP contribution in [0.5, 0.6) is 0 Å². The van der Waals surface area contributed by atoms with Gasteiger partial charge < -0.3 is 10.1 Å². The number of halogens is 1. The number of esters is 1. The number of hydrogen-bond donors (Lipinski definition) is 1. The van der Waals surface area contributed by atoms with Crippen molar-refractivity contribution in [1.82, 2.24) is 10.3 Å². The van der Waals surface area contributed by atoms with Crippen molar-refractivity contribution in [3.05, 3.63) is 62.9 Å². The van der Waals surface area contributed by atoms with Crippen molar-refractivity contribution in [1.29, 1.82) is 0 Å². The van der Waals surface area contributed by atoms with Crippen molar-refractivity contribution < 1.29 is 14.3 Å². The molecule has 1 aromatic heterocycles. The third-order valence-electron chi connectivity index (χ3n) is 4.25. The summed E-state index contributed by atoms with van der Waals surface area (Å²) in [5.74, 6) is -1.04. The van der Waals surface area contributed by atoms with Crippen LogP contribution in [0.15, 0.2) is 24.3 Å². The molecule has 0 bridgehead atoms. The normalized spacial score (nSPS) is 11.8. The summed E-state index contributed by atoms with van der Waals surface area (Å²) in [6, 6.07) is 7.58. The third-order valence-corrected chi connectivity index (χ3v) is 4.52. The van der Waals surface area contributed by atoms with Crippen molar-refractivity contribution in [3.8, 4) is 0 Å². The van der Waals surface area contributed by atoms with Crippen LogP contribution >= 0.6 is 11.6 Å². The van der Waals surface area contributed by atoms with Crippen LogP contribution in [0.25, 0.3) is 0 Å². The molecule has 0 fully saturated rings. The highest BCUT2D eigenvalue weighted by Gasteiger charge is 2.19. The first-order chi connectivity index (χ1) is 12.2. The Hall–Kier alpha value is -2.40. The number of ether oxygens (including phenoxy) is 1. The molecule has 26 heavy (non-hydrogen) atoms. The molecule has 1 aromatic carbocycles. The minimum atomic E-state index is -0.658. The zero-order valence-corrected chi connectivity index (χ0v) is 16.4. The molecule has 1 heterocycles. The van der Waals surface area contributed by atoms with E-state index < -0.39 is 5.97 Å². The van der Waals surface area contributed by atoms with Gasteiger partial charge in [-0.1, -0.05) is 29.8 Å². The molecular weight excluding hydrogens is 352 g/mol. The van der Waals surface area contributed by atoms with E-state index in [9.17, 15) is 9.59 Å². The third kappa shape index (κ3) is 4.82. The lowest BCUT2D eigenvalue weighted by atomic mass is 10.0. The molecule has 138 valence electrons. The molecule has 0 spiro atoms. The van der Waals surface area contributed by atoms with Crippen LogP contribution in [0.2, 0.25) is 5.15 Å². The molecule has 0 saturated carbocycles. The lowest BCUT2D eigenvalue weighted by Gasteiger charge is -2.16. The number of nitrogens with one attached hydrogen (secondary N) is 1. The fourth-order valence-corrected chi connectivity index (χ4v) is 3.00. The van der Waals surface area contributed by atoms with E-state index in [0.29, 0.717) is 11.3 Å². The predicted molar refractivity (Wildman–Crippen MR) is 101 cm³/mol. The van der Waals surface area contributed by atoms with Crippen molar-refractivity contribution in [2.75, 3.05) is 6.61 Å². The number of pyridine rings is 1. The molecule has 0 aliphatic rings. The van der Waals surface area contributed by atoms with Crippen LogP contribution in [-0.4, -0.2) is 23.5 Å². The number of aromatic nitrogens is 1. The van der Waals surface area contributed by atoms with Crippen molar-refractivity contribution in [2.45, 2.75) is 40.7 Å². The second-order valence-corrected chi connectivity index (χ2v) is 6.81. The van der Waals surface area contributed by atoms with E-state index >= 15 is 0 Å². The fourth-order valence-electron chi connectivity index (χ4n) is 2.64. The molecular formula is C20H23ClN2O3. The van der Waals surface area contributed by atoms with E-state index in [1.807, 2.05) is 39.0 Å². The molecule has 0 radical (unpaired) electrons. The summed E-state index contributed by atoms with van der Waals surface area (Å²) in [6.07, 6.45) is 0. The van der Waals surface area contributed by atoms with Gasteiger partial charge in [0.05, 0.1) is 11.6 Å². The van der Waals surface area contributed by atoms with E-state index in [4.69, 9.17) is 16.3 Å². The average Bonchev–Trinajstić information content (AvgIpc) is 2.54. The van der Waals surface area contributed by atoms with Crippen LogP contribution in [0.1, 0.15) is 51.3 Å². The minimum Gasteiger partial charge on any atom is -0.452 e. The van der Waals surface area contributed by atoms with Crippen LogP contribution in [-0.2, 0) is 9.53 Å². The Morgan fingerprint density at radius 1 is 1.12 bits per heavy atom. The molecule has 0 aliphatic carbocycles. The molecule has 0 unspecified atom stereocenters. The van der Waals surface area contributed by atoms with Gasteiger partial charge in [-0.2, -0.15) is 0 Å². The molecule has 1 N–H and O–H groups in total. The average molecular weight is 375 g/mol. The summed E-state index contributed by atoms with van der Waals surface area (Å²) >= 11 is 6.02. The summed E-state index contributed by atoms with van der Waals surface area (Å²) in [5, 5.41) is 2.90. The molecule has 1 amide bonds. The van der Waals surface area contributed by atoms with Crippen LogP contribution in [0, 0.1) is 27.7 Å². The highest BCUT2D eigenvalue weighted by Crippen LogP contribution is 2.20.